The zero-order valence-corrected chi connectivity index (χ0v) is 12.4. The number of carbonyl (C=O) groups excluding carboxylic acids is 2. The summed E-state index contributed by atoms with van der Waals surface area (Å²) in [6.07, 6.45) is 0.309. The predicted octanol–water partition coefficient (Wildman–Crippen LogP) is -0.429. The summed E-state index contributed by atoms with van der Waals surface area (Å²) in [6, 6.07) is 5.20. The van der Waals surface area contributed by atoms with E-state index >= 15 is 0 Å². The maximum absolute atomic E-state index is 12.2. The highest BCUT2D eigenvalue weighted by molar-refractivity contribution is 7.89. The van der Waals surface area contributed by atoms with Crippen LogP contribution in [0.15, 0.2) is 29.2 Å². The number of nitrogens with one attached hydrogen (secondary N) is 1. The lowest BCUT2D eigenvalue weighted by Crippen LogP contribution is -2.52. The number of likely N-dealkylation sites (tertiary alicyclic amines) is 1. The van der Waals surface area contributed by atoms with Gasteiger partial charge in [0.2, 0.25) is 21.8 Å². The Morgan fingerprint density at radius 1 is 1.29 bits per heavy atom. The third-order valence-electron chi connectivity index (χ3n) is 3.42. The average molecular weight is 311 g/mol. The maximum Gasteiger partial charge on any atom is 0.247 e. The molecule has 114 valence electrons. The molecule has 7 nitrogen and oxygen atoms in total. The van der Waals surface area contributed by atoms with Crippen molar-refractivity contribution in [2.45, 2.75) is 30.3 Å². The van der Waals surface area contributed by atoms with Gasteiger partial charge in [0.25, 0.3) is 0 Å². The van der Waals surface area contributed by atoms with Crippen molar-refractivity contribution < 1.29 is 18.0 Å². The van der Waals surface area contributed by atoms with Gasteiger partial charge in [-0.2, -0.15) is 4.72 Å². The van der Waals surface area contributed by atoms with Crippen molar-refractivity contribution >= 4 is 21.8 Å². The van der Waals surface area contributed by atoms with Gasteiger partial charge < -0.3 is 5.73 Å². The van der Waals surface area contributed by atoms with E-state index < -0.39 is 22.0 Å². The van der Waals surface area contributed by atoms with Gasteiger partial charge in [-0.15, -0.1) is 0 Å². The quantitative estimate of drug-likeness (QED) is 0.733. The molecular weight excluding hydrogens is 294 g/mol. The van der Waals surface area contributed by atoms with Gasteiger partial charge in [0, 0.05) is 20.0 Å². The largest absolute Gasteiger partial charge is 0.326 e. The fraction of sp³-hybridized carbons (Fsp3) is 0.385. The van der Waals surface area contributed by atoms with Crippen LogP contribution in [0.25, 0.3) is 0 Å². The lowest BCUT2D eigenvalue weighted by Gasteiger charge is -2.27. The molecule has 0 spiro atoms. The lowest BCUT2D eigenvalue weighted by atomic mass is 10.1. The first kappa shape index (κ1) is 15.6. The van der Waals surface area contributed by atoms with Crippen LogP contribution in [-0.2, 0) is 26.2 Å². The second kappa shape index (κ2) is 5.92. The predicted molar refractivity (Wildman–Crippen MR) is 75.5 cm³/mol. The SMILES string of the molecule is CN1C(=O)CCC(NS(=O)(=O)c2ccc(CN)cc2)C1=O. The minimum Gasteiger partial charge on any atom is -0.326 e. The topological polar surface area (TPSA) is 110 Å². The van der Waals surface area contributed by atoms with Gasteiger partial charge in [0.1, 0.15) is 6.04 Å². The second-order valence-corrected chi connectivity index (χ2v) is 6.57. The van der Waals surface area contributed by atoms with E-state index in [4.69, 9.17) is 5.73 Å². The van der Waals surface area contributed by atoms with E-state index in [-0.39, 0.29) is 23.6 Å². The Labute approximate surface area is 123 Å². The van der Waals surface area contributed by atoms with Crippen molar-refractivity contribution in [2.24, 2.45) is 5.73 Å². The zero-order valence-electron chi connectivity index (χ0n) is 11.6. The van der Waals surface area contributed by atoms with Crippen molar-refractivity contribution in [1.82, 2.24) is 9.62 Å². The minimum atomic E-state index is -3.81. The number of piperidine rings is 1. The number of sulfonamides is 1. The Morgan fingerprint density at radius 2 is 1.90 bits per heavy atom. The summed E-state index contributed by atoms with van der Waals surface area (Å²) in [7, 11) is -2.46. The van der Waals surface area contributed by atoms with Gasteiger partial charge in [-0.25, -0.2) is 8.42 Å². The molecule has 1 aromatic rings. The molecule has 0 aromatic heterocycles. The summed E-state index contributed by atoms with van der Waals surface area (Å²) < 4.78 is 26.8. The van der Waals surface area contributed by atoms with Crippen LogP contribution >= 0.6 is 0 Å². The molecule has 1 saturated heterocycles. The van der Waals surface area contributed by atoms with E-state index in [0.29, 0.717) is 6.54 Å². The highest BCUT2D eigenvalue weighted by atomic mass is 32.2. The summed E-state index contributed by atoms with van der Waals surface area (Å²) in [4.78, 5) is 24.3. The summed E-state index contributed by atoms with van der Waals surface area (Å²) in [5.41, 5.74) is 6.27. The van der Waals surface area contributed by atoms with Crippen molar-refractivity contribution in [3.63, 3.8) is 0 Å². The van der Waals surface area contributed by atoms with E-state index in [2.05, 4.69) is 4.72 Å². The van der Waals surface area contributed by atoms with Gasteiger partial charge in [-0.1, -0.05) is 12.1 Å². The number of benzene rings is 1. The van der Waals surface area contributed by atoms with E-state index in [1.165, 1.54) is 19.2 Å². The Bertz CT molecular complexity index is 654. The summed E-state index contributed by atoms with van der Waals surface area (Å²) in [5, 5.41) is 0. The Kier molecular flexibility index (Phi) is 4.40. The summed E-state index contributed by atoms with van der Waals surface area (Å²) in [5.74, 6) is -0.837. The number of carbonyl (C=O) groups is 2. The molecule has 2 amide bonds. The zero-order chi connectivity index (χ0) is 15.6. The molecule has 0 bridgehead atoms. The highest BCUT2D eigenvalue weighted by Crippen LogP contribution is 2.16. The molecule has 1 aliphatic heterocycles. The van der Waals surface area contributed by atoms with Gasteiger partial charge in [-0.3, -0.25) is 14.5 Å². The molecule has 1 atom stereocenters. The summed E-state index contributed by atoms with van der Waals surface area (Å²) >= 11 is 0. The van der Waals surface area contributed by atoms with Crippen LogP contribution in [0.5, 0.6) is 0 Å². The number of amides is 2. The second-order valence-electron chi connectivity index (χ2n) is 4.85. The van der Waals surface area contributed by atoms with Crippen LogP contribution < -0.4 is 10.5 Å². The molecule has 0 radical (unpaired) electrons. The fourth-order valence-corrected chi connectivity index (χ4v) is 3.31. The number of likely N-dealkylation sites (N-methyl/N-ethyl adjacent to an activating group) is 1. The van der Waals surface area contributed by atoms with Gasteiger partial charge >= 0.3 is 0 Å². The number of rotatable bonds is 4. The van der Waals surface area contributed by atoms with Gasteiger partial charge in [-0.05, 0) is 24.1 Å². The third-order valence-corrected chi connectivity index (χ3v) is 4.90. The first-order valence-corrected chi connectivity index (χ1v) is 7.95. The number of hydrogen-bond donors (Lipinski definition) is 2. The number of hydrogen-bond acceptors (Lipinski definition) is 5. The molecule has 1 heterocycles. The van der Waals surface area contributed by atoms with E-state index in [1.807, 2.05) is 0 Å². The first-order chi connectivity index (χ1) is 9.85. The van der Waals surface area contributed by atoms with Crippen LogP contribution in [0.3, 0.4) is 0 Å². The fourth-order valence-electron chi connectivity index (χ4n) is 2.09. The van der Waals surface area contributed by atoms with Crippen LogP contribution in [0, 0.1) is 0 Å². The minimum absolute atomic E-state index is 0.0621. The van der Waals surface area contributed by atoms with E-state index in [1.54, 1.807) is 12.1 Å². The third kappa shape index (κ3) is 3.29. The van der Waals surface area contributed by atoms with E-state index in [0.717, 1.165) is 10.5 Å². The van der Waals surface area contributed by atoms with Crippen LogP contribution in [0.1, 0.15) is 18.4 Å². The standard InChI is InChI=1S/C13H17N3O4S/c1-16-12(17)7-6-11(13(16)18)15-21(19,20)10-4-2-9(8-14)3-5-10/h2-5,11,15H,6-8,14H2,1H3. The van der Waals surface area contributed by atoms with Crippen molar-refractivity contribution in [3.8, 4) is 0 Å². The molecule has 3 N–H and O–H groups in total. The van der Waals surface area contributed by atoms with E-state index in [9.17, 15) is 18.0 Å². The molecule has 2 rings (SSSR count). The van der Waals surface area contributed by atoms with Crippen LogP contribution in [0.4, 0.5) is 0 Å². The van der Waals surface area contributed by atoms with Gasteiger partial charge in [0.15, 0.2) is 0 Å². The lowest BCUT2D eigenvalue weighted by molar-refractivity contribution is -0.147. The maximum atomic E-state index is 12.2. The Balaban J connectivity index is 2.17. The van der Waals surface area contributed by atoms with Crippen molar-refractivity contribution in [2.75, 3.05) is 7.05 Å². The first-order valence-electron chi connectivity index (χ1n) is 6.47. The molecule has 1 aromatic carbocycles. The highest BCUT2D eigenvalue weighted by Gasteiger charge is 2.34. The molecule has 8 heteroatoms. The number of imide groups is 1. The number of nitrogens with two attached hydrogens (primary N) is 1. The molecule has 1 aliphatic rings. The molecule has 0 saturated carbocycles. The van der Waals surface area contributed by atoms with Crippen molar-refractivity contribution in [3.05, 3.63) is 29.8 Å². The molecule has 0 aliphatic carbocycles. The monoisotopic (exact) mass is 311 g/mol. The smallest absolute Gasteiger partial charge is 0.247 e. The molecule has 21 heavy (non-hydrogen) atoms. The molecule has 1 fully saturated rings. The van der Waals surface area contributed by atoms with Crippen LogP contribution in [-0.4, -0.2) is 38.2 Å². The normalized spacial score (nSPS) is 19.9. The Morgan fingerprint density at radius 3 is 2.48 bits per heavy atom. The summed E-state index contributed by atoms with van der Waals surface area (Å²) in [6.45, 7) is 0.321. The van der Waals surface area contributed by atoms with Gasteiger partial charge in [0.05, 0.1) is 4.90 Å². The molecular formula is C13H17N3O4S. The van der Waals surface area contributed by atoms with Crippen molar-refractivity contribution in [1.29, 1.82) is 0 Å². The average Bonchev–Trinajstić information content (AvgIpc) is 2.48. The van der Waals surface area contributed by atoms with Crippen LogP contribution in [0.2, 0.25) is 0 Å². The number of nitrogens with zero attached hydrogens (tertiary/aromatic N) is 1. The molecule has 1 unspecified atom stereocenters. The Hall–Kier alpha value is -1.77.